The number of hydrogen-bond donors (Lipinski definition) is 0. The molecule has 0 heterocycles. The maximum atomic E-state index is 14.0. The van der Waals surface area contributed by atoms with Crippen LogP contribution in [0.2, 0.25) is 0 Å². The van der Waals surface area contributed by atoms with Crippen LogP contribution in [0.3, 0.4) is 0 Å². The maximum absolute atomic E-state index is 14.0. The molecule has 2 rings (SSSR count). The van der Waals surface area contributed by atoms with Crippen LogP contribution in [0, 0.1) is 18.6 Å². The third kappa shape index (κ3) is 3.37. The fraction of sp³-hybridized carbons (Fsp3) is 0.250. The highest BCUT2D eigenvalue weighted by atomic mass is 79.9. The Kier molecular flexibility index (Phi) is 4.76. The molecule has 106 valence electrons. The molecule has 0 fully saturated rings. The number of benzene rings is 2. The standard InChI is InChI=1S/C16H15BrF2O/c1-10-3-5-11(6-4-10)7-13(17)16-14(18)8-12(20-2)9-15(16)19/h3-6,8-9,13H,7H2,1-2H3. The molecule has 20 heavy (non-hydrogen) atoms. The minimum absolute atomic E-state index is 0.0337. The van der Waals surface area contributed by atoms with E-state index in [4.69, 9.17) is 4.74 Å². The first kappa shape index (κ1) is 15.0. The lowest BCUT2D eigenvalue weighted by molar-refractivity contribution is 0.405. The number of aryl methyl sites for hydroxylation is 1. The fourth-order valence-electron chi connectivity index (χ4n) is 2.01. The van der Waals surface area contributed by atoms with Crippen LogP contribution in [0.1, 0.15) is 21.5 Å². The maximum Gasteiger partial charge on any atom is 0.134 e. The van der Waals surface area contributed by atoms with Crippen molar-refractivity contribution in [2.75, 3.05) is 7.11 Å². The zero-order valence-electron chi connectivity index (χ0n) is 11.3. The van der Waals surface area contributed by atoms with E-state index < -0.39 is 16.5 Å². The van der Waals surface area contributed by atoms with E-state index in [0.29, 0.717) is 6.42 Å². The van der Waals surface area contributed by atoms with Gasteiger partial charge in [-0.1, -0.05) is 45.8 Å². The van der Waals surface area contributed by atoms with Crippen LogP contribution in [-0.4, -0.2) is 7.11 Å². The van der Waals surface area contributed by atoms with Gasteiger partial charge in [-0.05, 0) is 18.9 Å². The van der Waals surface area contributed by atoms with Crippen LogP contribution in [-0.2, 0) is 6.42 Å². The second-order valence-electron chi connectivity index (χ2n) is 4.66. The summed E-state index contributed by atoms with van der Waals surface area (Å²) in [6, 6.07) is 10.3. The molecule has 0 aliphatic rings. The van der Waals surface area contributed by atoms with Crippen molar-refractivity contribution >= 4 is 15.9 Å². The molecule has 1 atom stereocenters. The molecule has 0 saturated heterocycles. The van der Waals surface area contributed by atoms with Crippen LogP contribution in [0.4, 0.5) is 8.78 Å². The van der Waals surface area contributed by atoms with Gasteiger partial charge in [0, 0.05) is 22.5 Å². The average molecular weight is 341 g/mol. The van der Waals surface area contributed by atoms with Crippen molar-refractivity contribution in [1.29, 1.82) is 0 Å². The number of hydrogen-bond acceptors (Lipinski definition) is 1. The number of rotatable bonds is 4. The fourth-order valence-corrected chi connectivity index (χ4v) is 2.82. The monoisotopic (exact) mass is 340 g/mol. The zero-order valence-corrected chi connectivity index (χ0v) is 12.9. The van der Waals surface area contributed by atoms with Crippen LogP contribution < -0.4 is 4.74 Å². The molecule has 0 bridgehead atoms. The minimum atomic E-state index is -0.601. The quantitative estimate of drug-likeness (QED) is 0.714. The third-order valence-corrected chi connectivity index (χ3v) is 3.92. The highest BCUT2D eigenvalue weighted by Gasteiger charge is 2.19. The molecule has 0 amide bonds. The van der Waals surface area contributed by atoms with E-state index in [1.165, 1.54) is 19.2 Å². The first-order valence-corrected chi connectivity index (χ1v) is 7.15. The smallest absolute Gasteiger partial charge is 0.134 e. The van der Waals surface area contributed by atoms with Crippen LogP contribution in [0.25, 0.3) is 0 Å². The number of halogens is 3. The SMILES string of the molecule is COc1cc(F)c(C(Br)Cc2ccc(C)cc2)c(F)c1. The molecule has 0 aromatic heterocycles. The molecular weight excluding hydrogens is 326 g/mol. The summed E-state index contributed by atoms with van der Waals surface area (Å²) in [5.74, 6) is -1.02. The van der Waals surface area contributed by atoms with Crippen LogP contribution >= 0.6 is 15.9 Å². The molecule has 0 aliphatic heterocycles. The van der Waals surface area contributed by atoms with Crippen LogP contribution in [0.15, 0.2) is 36.4 Å². The van der Waals surface area contributed by atoms with Gasteiger partial charge in [-0.2, -0.15) is 0 Å². The Morgan fingerprint density at radius 2 is 1.65 bits per heavy atom. The summed E-state index contributed by atoms with van der Waals surface area (Å²) < 4.78 is 32.8. The highest BCUT2D eigenvalue weighted by Crippen LogP contribution is 2.33. The van der Waals surface area contributed by atoms with Gasteiger partial charge < -0.3 is 4.74 Å². The molecule has 4 heteroatoms. The van der Waals surface area contributed by atoms with E-state index in [1.807, 2.05) is 31.2 Å². The predicted molar refractivity (Wildman–Crippen MR) is 79.5 cm³/mol. The molecule has 2 aromatic rings. The Labute approximate surface area is 125 Å². The molecule has 0 spiro atoms. The van der Waals surface area contributed by atoms with E-state index in [9.17, 15) is 8.78 Å². The normalized spacial score (nSPS) is 12.2. The third-order valence-electron chi connectivity index (χ3n) is 3.14. The van der Waals surface area contributed by atoms with Gasteiger partial charge in [0.15, 0.2) is 0 Å². The van der Waals surface area contributed by atoms with Crippen molar-refractivity contribution in [3.05, 3.63) is 64.7 Å². The second kappa shape index (κ2) is 6.35. The van der Waals surface area contributed by atoms with Crippen molar-refractivity contribution in [1.82, 2.24) is 0 Å². The Bertz CT molecular complexity index is 573. The van der Waals surface area contributed by atoms with Crippen LogP contribution in [0.5, 0.6) is 5.75 Å². The summed E-state index contributed by atoms with van der Waals surface area (Å²) in [5, 5.41) is 0. The highest BCUT2D eigenvalue weighted by molar-refractivity contribution is 9.09. The Balaban J connectivity index is 2.25. The molecular formula is C16H15BrF2O. The summed E-state index contributed by atoms with van der Waals surface area (Å²) >= 11 is 3.37. The number of methoxy groups -OCH3 is 1. The van der Waals surface area contributed by atoms with Gasteiger partial charge in [-0.15, -0.1) is 0 Å². The number of alkyl halides is 1. The van der Waals surface area contributed by atoms with Gasteiger partial charge >= 0.3 is 0 Å². The minimum Gasteiger partial charge on any atom is -0.497 e. The summed E-state index contributed by atoms with van der Waals surface area (Å²) in [6.45, 7) is 2.00. The average Bonchev–Trinajstić information content (AvgIpc) is 2.40. The largest absolute Gasteiger partial charge is 0.497 e. The topological polar surface area (TPSA) is 9.23 Å². The van der Waals surface area contributed by atoms with Crippen molar-refractivity contribution in [2.24, 2.45) is 0 Å². The Morgan fingerprint density at radius 1 is 1.10 bits per heavy atom. The first-order valence-electron chi connectivity index (χ1n) is 6.24. The van der Waals surface area contributed by atoms with E-state index in [-0.39, 0.29) is 11.3 Å². The number of ether oxygens (including phenoxy) is 1. The van der Waals surface area contributed by atoms with Gasteiger partial charge in [-0.3, -0.25) is 0 Å². The molecule has 1 nitrogen and oxygen atoms in total. The molecule has 0 saturated carbocycles. The van der Waals surface area contributed by atoms with Gasteiger partial charge in [-0.25, -0.2) is 8.78 Å². The van der Waals surface area contributed by atoms with E-state index in [1.54, 1.807) is 0 Å². The Hall–Kier alpha value is -1.42. The van der Waals surface area contributed by atoms with Crippen molar-refractivity contribution in [2.45, 2.75) is 18.2 Å². The van der Waals surface area contributed by atoms with E-state index in [2.05, 4.69) is 15.9 Å². The molecule has 1 unspecified atom stereocenters. The van der Waals surface area contributed by atoms with Gasteiger partial charge in [0.25, 0.3) is 0 Å². The van der Waals surface area contributed by atoms with Crippen molar-refractivity contribution < 1.29 is 13.5 Å². The second-order valence-corrected chi connectivity index (χ2v) is 5.77. The van der Waals surface area contributed by atoms with Gasteiger partial charge in [0.05, 0.1) is 7.11 Å². The van der Waals surface area contributed by atoms with Crippen molar-refractivity contribution in [3.8, 4) is 5.75 Å². The summed E-state index contributed by atoms with van der Waals surface area (Å²) in [4.78, 5) is -0.420. The molecule has 0 aliphatic carbocycles. The first-order chi connectivity index (χ1) is 9.51. The van der Waals surface area contributed by atoms with E-state index >= 15 is 0 Å². The van der Waals surface area contributed by atoms with Gasteiger partial charge in [0.1, 0.15) is 17.4 Å². The lowest BCUT2D eigenvalue weighted by atomic mass is 10.0. The van der Waals surface area contributed by atoms with E-state index in [0.717, 1.165) is 11.1 Å². The summed E-state index contributed by atoms with van der Waals surface area (Å²) in [5.41, 5.74) is 2.21. The molecule has 0 N–H and O–H groups in total. The van der Waals surface area contributed by atoms with Crippen molar-refractivity contribution in [3.63, 3.8) is 0 Å². The molecule has 2 aromatic carbocycles. The lowest BCUT2D eigenvalue weighted by Gasteiger charge is -2.14. The summed E-state index contributed by atoms with van der Waals surface area (Å²) in [6.07, 6.45) is 0.514. The van der Waals surface area contributed by atoms with Gasteiger partial charge in [0.2, 0.25) is 0 Å². The lowest BCUT2D eigenvalue weighted by Crippen LogP contribution is -2.03. The molecule has 0 radical (unpaired) electrons. The zero-order chi connectivity index (χ0) is 14.7. The predicted octanol–water partition coefficient (Wildman–Crippen LogP) is 4.96. The Morgan fingerprint density at radius 3 is 2.15 bits per heavy atom. The summed E-state index contributed by atoms with van der Waals surface area (Å²) in [7, 11) is 1.38.